The largest absolute Gasteiger partial charge is 0.393 e. The van der Waals surface area contributed by atoms with Gasteiger partial charge in [0.05, 0.1) is 6.61 Å². The summed E-state index contributed by atoms with van der Waals surface area (Å²) in [7, 11) is 0. The minimum absolute atomic E-state index is 0.358. The van der Waals surface area contributed by atoms with Crippen LogP contribution in [-0.4, -0.2) is 28.8 Å². The molecule has 1 aromatic carbocycles. The van der Waals surface area contributed by atoms with E-state index in [1.165, 1.54) is 0 Å². The third-order valence-electron chi connectivity index (χ3n) is 1.79. The minimum Gasteiger partial charge on any atom is -0.393 e. The van der Waals surface area contributed by atoms with Gasteiger partial charge in [-0.25, -0.2) is 0 Å². The highest BCUT2D eigenvalue weighted by atomic mass is 16.3. The summed E-state index contributed by atoms with van der Waals surface area (Å²) in [5.74, 6) is -0.559. The van der Waals surface area contributed by atoms with Gasteiger partial charge in [0.15, 0.2) is 6.10 Å². The van der Waals surface area contributed by atoms with Gasteiger partial charge in [-0.2, -0.15) is 0 Å². The lowest BCUT2D eigenvalue weighted by atomic mass is 10.2. The summed E-state index contributed by atoms with van der Waals surface area (Å²) in [6.45, 7) is -0.197. The normalized spacial score (nSPS) is 12.1. The Morgan fingerprint density at radius 3 is 2.57 bits per heavy atom. The molecule has 4 heteroatoms. The molecule has 1 atom stereocenters. The van der Waals surface area contributed by atoms with Crippen molar-refractivity contribution in [3.05, 3.63) is 35.9 Å². The molecule has 1 rings (SSSR count). The van der Waals surface area contributed by atoms with Crippen LogP contribution in [0.3, 0.4) is 0 Å². The summed E-state index contributed by atoms with van der Waals surface area (Å²) in [6.07, 6.45) is -1.33. The Kier molecular flexibility index (Phi) is 4.10. The van der Waals surface area contributed by atoms with Crippen molar-refractivity contribution in [2.75, 3.05) is 6.61 Å². The van der Waals surface area contributed by atoms with Gasteiger partial charge < -0.3 is 15.5 Å². The van der Waals surface area contributed by atoms with Crippen molar-refractivity contribution in [1.29, 1.82) is 0 Å². The van der Waals surface area contributed by atoms with Crippen LogP contribution in [0.4, 0.5) is 0 Å². The second-order valence-corrected chi connectivity index (χ2v) is 2.90. The van der Waals surface area contributed by atoms with Crippen LogP contribution in [0.1, 0.15) is 5.56 Å². The summed E-state index contributed by atoms with van der Waals surface area (Å²) in [4.78, 5) is 11.0. The molecule has 0 aliphatic heterocycles. The number of aliphatic hydroxyl groups is 2. The standard InChI is InChI=1S/C10H13NO3/c12-7-9(13)10(14)11-6-8-4-2-1-3-5-8/h1-5,9,12-13H,6-7H2,(H,11,14). The average Bonchev–Trinajstić information content (AvgIpc) is 2.26. The van der Waals surface area contributed by atoms with E-state index in [4.69, 9.17) is 10.2 Å². The van der Waals surface area contributed by atoms with E-state index in [1.807, 2.05) is 30.3 Å². The Morgan fingerprint density at radius 2 is 2.00 bits per heavy atom. The van der Waals surface area contributed by atoms with Crippen LogP contribution >= 0.6 is 0 Å². The first-order chi connectivity index (χ1) is 6.74. The van der Waals surface area contributed by atoms with Crippen LogP contribution in [0.5, 0.6) is 0 Å². The molecule has 0 saturated carbocycles. The van der Waals surface area contributed by atoms with E-state index in [-0.39, 0.29) is 0 Å². The van der Waals surface area contributed by atoms with Gasteiger partial charge >= 0.3 is 0 Å². The molecule has 1 unspecified atom stereocenters. The molecule has 1 aromatic rings. The molecule has 3 N–H and O–H groups in total. The van der Waals surface area contributed by atoms with Crippen LogP contribution < -0.4 is 5.32 Å². The van der Waals surface area contributed by atoms with Gasteiger partial charge in [0.2, 0.25) is 0 Å². The molecule has 76 valence electrons. The fourth-order valence-electron chi connectivity index (χ4n) is 0.986. The van der Waals surface area contributed by atoms with E-state index >= 15 is 0 Å². The third-order valence-corrected chi connectivity index (χ3v) is 1.79. The van der Waals surface area contributed by atoms with Crippen LogP contribution in [-0.2, 0) is 11.3 Å². The van der Waals surface area contributed by atoms with Gasteiger partial charge in [0.1, 0.15) is 0 Å². The van der Waals surface area contributed by atoms with Gasteiger partial charge in [-0.15, -0.1) is 0 Å². The maximum Gasteiger partial charge on any atom is 0.251 e. The van der Waals surface area contributed by atoms with Crippen molar-refractivity contribution in [3.8, 4) is 0 Å². The highest BCUT2D eigenvalue weighted by molar-refractivity contribution is 5.80. The summed E-state index contributed by atoms with van der Waals surface area (Å²) < 4.78 is 0. The van der Waals surface area contributed by atoms with Gasteiger partial charge in [-0.1, -0.05) is 30.3 Å². The molecule has 0 bridgehead atoms. The topological polar surface area (TPSA) is 69.6 Å². The molecule has 1 amide bonds. The van der Waals surface area contributed by atoms with Crippen molar-refractivity contribution in [2.24, 2.45) is 0 Å². The number of rotatable bonds is 4. The Balaban J connectivity index is 2.38. The molecule has 0 fully saturated rings. The highest BCUT2D eigenvalue weighted by Crippen LogP contribution is 1.97. The molecule has 0 aliphatic rings. The lowest BCUT2D eigenvalue weighted by Crippen LogP contribution is -2.36. The first-order valence-corrected chi connectivity index (χ1v) is 4.34. The molecule has 0 radical (unpaired) electrons. The number of amides is 1. The van der Waals surface area contributed by atoms with Crippen molar-refractivity contribution >= 4 is 5.91 Å². The van der Waals surface area contributed by atoms with E-state index in [0.717, 1.165) is 5.56 Å². The number of aliphatic hydroxyl groups excluding tert-OH is 2. The predicted molar refractivity (Wildman–Crippen MR) is 51.4 cm³/mol. The van der Waals surface area contributed by atoms with Crippen LogP contribution in [0.15, 0.2) is 30.3 Å². The zero-order chi connectivity index (χ0) is 10.4. The molecule has 0 spiro atoms. The molecule has 14 heavy (non-hydrogen) atoms. The summed E-state index contributed by atoms with van der Waals surface area (Å²) in [6, 6.07) is 9.35. The molecule has 0 heterocycles. The summed E-state index contributed by atoms with van der Waals surface area (Å²) in [5.41, 5.74) is 0.950. The second kappa shape index (κ2) is 5.36. The van der Waals surface area contributed by atoms with Crippen LogP contribution in [0, 0.1) is 0 Å². The maximum atomic E-state index is 11.0. The quantitative estimate of drug-likeness (QED) is 0.615. The summed E-state index contributed by atoms with van der Waals surface area (Å²) in [5, 5.41) is 19.9. The lowest BCUT2D eigenvalue weighted by Gasteiger charge is -2.08. The van der Waals surface area contributed by atoms with Gasteiger partial charge in [0, 0.05) is 6.54 Å². The van der Waals surface area contributed by atoms with E-state index in [9.17, 15) is 4.79 Å². The zero-order valence-corrected chi connectivity index (χ0v) is 7.68. The van der Waals surface area contributed by atoms with Crippen molar-refractivity contribution in [2.45, 2.75) is 12.6 Å². The van der Waals surface area contributed by atoms with E-state index < -0.39 is 18.6 Å². The molecular formula is C10H13NO3. The second-order valence-electron chi connectivity index (χ2n) is 2.90. The number of carbonyl (C=O) groups excluding carboxylic acids is 1. The minimum atomic E-state index is -1.33. The lowest BCUT2D eigenvalue weighted by molar-refractivity contribution is -0.131. The molecule has 0 aromatic heterocycles. The Hall–Kier alpha value is -1.39. The monoisotopic (exact) mass is 195 g/mol. The zero-order valence-electron chi connectivity index (χ0n) is 7.68. The van der Waals surface area contributed by atoms with Crippen molar-refractivity contribution < 1.29 is 15.0 Å². The number of benzene rings is 1. The number of hydrogen-bond donors (Lipinski definition) is 3. The first kappa shape index (κ1) is 10.7. The number of carbonyl (C=O) groups is 1. The third kappa shape index (κ3) is 3.16. The van der Waals surface area contributed by atoms with E-state index in [0.29, 0.717) is 6.54 Å². The van der Waals surface area contributed by atoms with Gasteiger partial charge in [-0.05, 0) is 5.56 Å². The Labute approximate surface area is 82.2 Å². The SMILES string of the molecule is O=C(NCc1ccccc1)C(O)CO. The van der Waals surface area contributed by atoms with E-state index in [1.54, 1.807) is 0 Å². The molecule has 0 aliphatic carbocycles. The van der Waals surface area contributed by atoms with Gasteiger partial charge in [-0.3, -0.25) is 4.79 Å². The predicted octanol–water partition coefficient (Wildman–Crippen LogP) is -0.344. The van der Waals surface area contributed by atoms with Gasteiger partial charge in [0.25, 0.3) is 5.91 Å². The Morgan fingerprint density at radius 1 is 1.36 bits per heavy atom. The number of hydrogen-bond acceptors (Lipinski definition) is 3. The molecule has 4 nitrogen and oxygen atoms in total. The molecular weight excluding hydrogens is 182 g/mol. The van der Waals surface area contributed by atoms with Crippen LogP contribution in [0.2, 0.25) is 0 Å². The van der Waals surface area contributed by atoms with Crippen molar-refractivity contribution in [3.63, 3.8) is 0 Å². The smallest absolute Gasteiger partial charge is 0.251 e. The average molecular weight is 195 g/mol. The maximum absolute atomic E-state index is 11.0. The molecule has 0 saturated heterocycles. The fraction of sp³-hybridized carbons (Fsp3) is 0.300. The van der Waals surface area contributed by atoms with Crippen LogP contribution in [0.25, 0.3) is 0 Å². The Bertz CT molecular complexity index is 287. The number of nitrogens with one attached hydrogen (secondary N) is 1. The first-order valence-electron chi connectivity index (χ1n) is 4.34. The van der Waals surface area contributed by atoms with E-state index in [2.05, 4.69) is 5.32 Å². The fourth-order valence-corrected chi connectivity index (χ4v) is 0.986. The highest BCUT2D eigenvalue weighted by Gasteiger charge is 2.11. The van der Waals surface area contributed by atoms with Crippen molar-refractivity contribution in [1.82, 2.24) is 5.32 Å². The summed E-state index contributed by atoms with van der Waals surface area (Å²) >= 11 is 0.